The number of nitrogens with one attached hydrogen (secondary N) is 1. The number of anilines is 1. The topological polar surface area (TPSA) is 56.1 Å². The molecule has 0 bridgehead atoms. The lowest BCUT2D eigenvalue weighted by Gasteiger charge is -2.34. The highest BCUT2D eigenvalue weighted by Gasteiger charge is 2.44. The molecule has 1 aliphatic carbocycles. The molecule has 1 heterocycles. The summed E-state index contributed by atoms with van der Waals surface area (Å²) in [5, 5.41) is 8.37. The molecule has 146 valence electrons. The van der Waals surface area contributed by atoms with Crippen LogP contribution in [0.1, 0.15) is 38.2 Å². The fraction of sp³-hybridized carbons (Fsp3) is 0.500. The van der Waals surface area contributed by atoms with Crippen molar-refractivity contribution in [2.24, 2.45) is 5.92 Å². The van der Waals surface area contributed by atoms with Crippen molar-refractivity contribution in [3.05, 3.63) is 46.1 Å². The highest BCUT2D eigenvalue weighted by molar-refractivity contribution is 6.42. The minimum Gasteiger partial charge on any atom is -0.383 e. The van der Waals surface area contributed by atoms with Gasteiger partial charge in [0.2, 0.25) is 5.91 Å². The molecular weight excluding hydrogens is 385 g/mol. The van der Waals surface area contributed by atoms with Gasteiger partial charge in [-0.2, -0.15) is 5.10 Å². The Hall–Kier alpha value is -1.56. The van der Waals surface area contributed by atoms with Gasteiger partial charge >= 0.3 is 0 Å². The van der Waals surface area contributed by atoms with Crippen molar-refractivity contribution in [3.8, 4) is 0 Å². The first-order valence-electron chi connectivity index (χ1n) is 9.24. The van der Waals surface area contributed by atoms with E-state index in [1.165, 1.54) is 0 Å². The number of amides is 1. The molecule has 27 heavy (non-hydrogen) atoms. The molecule has 2 aromatic rings. The highest BCUT2D eigenvalue weighted by Crippen LogP contribution is 2.44. The van der Waals surface area contributed by atoms with Crippen LogP contribution in [-0.2, 0) is 21.5 Å². The van der Waals surface area contributed by atoms with Crippen molar-refractivity contribution in [2.75, 3.05) is 19.0 Å². The van der Waals surface area contributed by atoms with Crippen LogP contribution in [0.5, 0.6) is 0 Å². The smallest absolute Gasteiger partial charge is 0.236 e. The van der Waals surface area contributed by atoms with Gasteiger partial charge in [0.25, 0.3) is 0 Å². The van der Waals surface area contributed by atoms with Gasteiger partial charge in [0.1, 0.15) is 0 Å². The molecule has 1 saturated carbocycles. The number of aromatic nitrogens is 2. The largest absolute Gasteiger partial charge is 0.383 e. The van der Waals surface area contributed by atoms with E-state index >= 15 is 0 Å². The summed E-state index contributed by atoms with van der Waals surface area (Å²) in [6.07, 6.45) is 6.15. The van der Waals surface area contributed by atoms with Crippen molar-refractivity contribution in [2.45, 2.75) is 44.6 Å². The van der Waals surface area contributed by atoms with E-state index < -0.39 is 5.41 Å². The summed E-state index contributed by atoms with van der Waals surface area (Å²) < 4.78 is 6.82. The van der Waals surface area contributed by atoms with E-state index in [4.69, 9.17) is 27.9 Å². The van der Waals surface area contributed by atoms with Gasteiger partial charge in [0, 0.05) is 19.4 Å². The van der Waals surface area contributed by atoms with E-state index in [2.05, 4.69) is 10.4 Å². The lowest BCUT2D eigenvalue weighted by molar-refractivity contribution is -0.122. The Labute approximate surface area is 170 Å². The van der Waals surface area contributed by atoms with Crippen LogP contribution in [0.15, 0.2) is 30.5 Å². The molecule has 7 heteroatoms. The maximum Gasteiger partial charge on any atom is 0.236 e. The van der Waals surface area contributed by atoms with Gasteiger partial charge in [-0.15, -0.1) is 0 Å². The number of hydrogen-bond donors (Lipinski definition) is 1. The molecule has 1 unspecified atom stereocenters. The normalized spacial score (nSPS) is 17.0. The quantitative estimate of drug-likeness (QED) is 0.705. The highest BCUT2D eigenvalue weighted by atomic mass is 35.5. The third kappa shape index (κ3) is 4.31. The van der Waals surface area contributed by atoms with E-state index in [1.807, 2.05) is 25.3 Å². The number of carbonyl (C=O) groups is 1. The Morgan fingerprint density at radius 3 is 2.70 bits per heavy atom. The van der Waals surface area contributed by atoms with Crippen molar-refractivity contribution in [1.82, 2.24) is 9.78 Å². The van der Waals surface area contributed by atoms with Crippen LogP contribution in [0.4, 0.5) is 5.82 Å². The molecule has 0 spiro atoms. The predicted molar refractivity (Wildman–Crippen MR) is 109 cm³/mol. The Morgan fingerprint density at radius 1 is 1.30 bits per heavy atom. The van der Waals surface area contributed by atoms with Crippen LogP contribution >= 0.6 is 23.2 Å². The molecule has 5 nitrogen and oxygen atoms in total. The van der Waals surface area contributed by atoms with Gasteiger partial charge in [-0.05, 0) is 43.4 Å². The van der Waals surface area contributed by atoms with Crippen LogP contribution in [0.2, 0.25) is 10.0 Å². The van der Waals surface area contributed by atoms with Crippen LogP contribution in [0.25, 0.3) is 0 Å². The molecule has 0 saturated heterocycles. The van der Waals surface area contributed by atoms with E-state index in [9.17, 15) is 4.79 Å². The summed E-state index contributed by atoms with van der Waals surface area (Å²) in [5.74, 6) is 0.732. The van der Waals surface area contributed by atoms with Crippen molar-refractivity contribution < 1.29 is 9.53 Å². The molecular formula is C20H25Cl2N3O2. The lowest BCUT2D eigenvalue weighted by atomic mass is 9.70. The third-order valence-electron chi connectivity index (χ3n) is 5.57. The van der Waals surface area contributed by atoms with E-state index in [-0.39, 0.29) is 11.8 Å². The fourth-order valence-electron chi connectivity index (χ4n) is 3.86. The molecule has 1 amide bonds. The molecule has 1 atom stereocenters. The number of hydrogen-bond acceptors (Lipinski definition) is 3. The maximum absolute atomic E-state index is 13.4. The van der Waals surface area contributed by atoms with E-state index in [1.54, 1.807) is 23.9 Å². The zero-order valence-electron chi connectivity index (χ0n) is 15.7. The minimum absolute atomic E-state index is 0.0650. The standard InChI is InChI=1S/C20H25Cl2N3O2/c1-20(14-5-3-4-6-14,15-7-8-16(21)17(22)13-15)19(26)23-18-9-10-25(24-18)11-12-27-2/h7-10,13-14H,3-6,11-12H2,1-2H3,(H,23,24,26). The Balaban J connectivity index is 1.87. The first kappa shape index (κ1) is 20.2. The fourth-order valence-corrected chi connectivity index (χ4v) is 4.16. The van der Waals surface area contributed by atoms with E-state index in [0.717, 1.165) is 31.2 Å². The summed E-state index contributed by atoms with van der Waals surface area (Å²) >= 11 is 12.3. The molecule has 3 rings (SSSR count). The van der Waals surface area contributed by atoms with Gasteiger partial charge in [0.15, 0.2) is 5.82 Å². The molecule has 1 aromatic heterocycles. The summed E-state index contributed by atoms with van der Waals surface area (Å²) in [6.45, 7) is 3.21. The zero-order chi connectivity index (χ0) is 19.4. The van der Waals surface area contributed by atoms with Gasteiger partial charge in [-0.1, -0.05) is 42.1 Å². The summed E-state index contributed by atoms with van der Waals surface area (Å²) in [4.78, 5) is 13.4. The third-order valence-corrected chi connectivity index (χ3v) is 6.31. The van der Waals surface area contributed by atoms with E-state index in [0.29, 0.717) is 29.0 Å². The second-order valence-electron chi connectivity index (χ2n) is 7.22. The number of rotatable bonds is 7. The Bertz CT molecular complexity index is 802. The minimum atomic E-state index is -0.693. The second-order valence-corrected chi connectivity index (χ2v) is 8.04. The summed E-state index contributed by atoms with van der Waals surface area (Å²) in [5.41, 5.74) is 0.196. The Kier molecular flexibility index (Phi) is 6.45. The second kappa shape index (κ2) is 8.63. The van der Waals surface area contributed by atoms with Gasteiger partial charge in [-0.25, -0.2) is 0 Å². The van der Waals surface area contributed by atoms with Gasteiger partial charge in [0.05, 0.1) is 28.6 Å². The molecule has 1 aromatic carbocycles. The average molecular weight is 410 g/mol. The van der Waals surface area contributed by atoms with Crippen molar-refractivity contribution in [3.63, 3.8) is 0 Å². The summed E-state index contributed by atoms with van der Waals surface area (Å²) in [7, 11) is 1.65. The predicted octanol–water partition coefficient (Wildman–Crippen LogP) is 4.92. The van der Waals surface area contributed by atoms with Crippen LogP contribution in [0.3, 0.4) is 0 Å². The van der Waals surface area contributed by atoms with Crippen LogP contribution in [-0.4, -0.2) is 29.4 Å². The maximum atomic E-state index is 13.4. The SMILES string of the molecule is COCCn1ccc(NC(=O)C(C)(c2ccc(Cl)c(Cl)c2)C2CCCC2)n1. The number of methoxy groups -OCH3 is 1. The van der Waals surface area contributed by atoms with Gasteiger partial charge in [-0.3, -0.25) is 9.48 Å². The van der Waals surface area contributed by atoms with Crippen LogP contribution in [0, 0.1) is 5.92 Å². The number of ether oxygens (including phenoxy) is 1. The molecule has 1 N–H and O–H groups in total. The number of carbonyl (C=O) groups excluding carboxylic acids is 1. The summed E-state index contributed by atoms with van der Waals surface area (Å²) in [6, 6.07) is 7.29. The molecule has 1 fully saturated rings. The molecule has 1 aliphatic rings. The Morgan fingerprint density at radius 2 is 2.04 bits per heavy atom. The lowest BCUT2D eigenvalue weighted by Crippen LogP contribution is -2.43. The number of nitrogens with zero attached hydrogens (tertiary/aromatic N) is 2. The zero-order valence-corrected chi connectivity index (χ0v) is 17.2. The first-order valence-corrected chi connectivity index (χ1v) is 10.00. The molecule has 0 aliphatic heterocycles. The number of benzene rings is 1. The monoisotopic (exact) mass is 409 g/mol. The van der Waals surface area contributed by atoms with Gasteiger partial charge < -0.3 is 10.1 Å². The number of halogens is 2. The van der Waals surface area contributed by atoms with Crippen molar-refractivity contribution >= 4 is 34.9 Å². The molecule has 0 radical (unpaired) electrons. The first-order chi connectivity index (χ1) is 12.9. The average Bonchev–Trinajstić information content (AvgIpc) is 3.33. The van der Waals surface area contributed by atoms with Crippen molar-refractivity contribution in [1.29, 1.82) is 0 Å². The van der Waals surface area contributed by atoms with Crippen LogP contribution < -0.4 is 5.32 Å².